The summed E-state index contributed by atoms with van der Waals surface area (Å²) in [6, 6.07) is 7.01. The summed E-state index contributed by atoms with van der Waals surface area (Å²) >= 11 is 1.50. The molecule has 2 unspecified atom stereocenters. The molecular weight excluding hydrogens is 261 g/mol. The van der Waals surface area contributed by atoms with Gasteiger partial charge in [0.2, 0.25) is 7.85 Å². The molecule has 0 aromatic heterocycles. The number of carbonyl (C=O) groups excluding carboxylic acids is 1. The van der Waals surface area contributed by atoms with Gasteiger partial charge in [-0.15, -0.1) is 11.8 Å². The van der Waals surface area contributed by atoms with Crippen LogP contribution in [-0.4, -0.2) is 41.5 Å². The van der Waals surface area contributed by atoms with Crippen molar-refractivity contribution in [3.05, 3.63) is 35.4 Å². The summed E-state index contributed by atoms with van der Waals surface area (Å²) in [7, 11) is 1.41. The molecule has 0 aliphatic carbocycles. The van der Waals surface area contributed by atoms with Crippen molar-refractivity contribution in [2.24, 2.45) is 0 Å². The van der Waals surface area contributed by atoms with Crippen LogP contribution in [0.5, 0.6) is 0 Å². The summed E-state index contributed by atoms with van der Waals surface area (Å²) in [5, 5.41) is 9.48. The van der Waals surface area contributed by atoms with Crippen molar-refractivity contribution in [2.45, 2.75) is 24.6 Å². The molecule has 2 rings (SSSR count). The van der Waals surface area contributed by atoms with Crippen molar-refractivity contribution in [1.29, 1.82) is 0 Å². The normalized spacial score (nSPS) is 26.4. The minimum atomic E-state index is -0.955. The number of carboxylic acids is 1. The number of thioether (sulfide) groups is 1. The fourth-order valence-electron chi connectivity index (χ4n) is 2.42. The Hall–Kier alpha value is -1.43. The topological polar surface area (TPSA) is 57.6 Å². The van der Waals surface area contributed by atoms with E-state index in [1.807, 2.05) is 38.1 Å². The smallest absolute Gasteiger partial charge is 0.328 e. The maximum absolute atomic E-state index is 11.6. The number of benzene rings is 1. The number of aliphatic carboxylic acids is 1. The SMILES string of the molecule is BC(=O)N1CSC(C)(c2ccc(C)cc2)C1C(=O)O. The Morgan fingerprint density at radius 3 is 2.47 bits per heavy atom. The molecule has 1 aromatic carbocycles. The van der Waals surface area contributed by atoms with E-state index in [4.69, 9.17) is 0 Å². The molecule has 0 spiro atoms. The lowest BCUT2D eigenvalue weighted by molar-refractivity contribution is -0.142. The van der Waals surface area contributed by atoms with Crippen LogP contribution in [0.15, 0.2) is 24.3 Å². The van der Waals surface area contributed by atoms with Crippen LogP contribution in [0.25, 0.3) is 0 Å². The molecule has 1 amide bonds. The molecular formula is C13H16BNO3S. The second-order valence-corrected chi connectivity index (χ2v) is 6.37. The second kappa shape index (κ2) is 4.92. The molecule has 0 bridgehead atoms. The van der Waals surface area contributed by atoms with Gasteiger partial charge in [-0.05, 0) is 19.4 Å². The standard InChI is InChI=1S/C13H16BNO3S/c1-8-3-5-9(6-4-8)13(2)10(11(16)17)15(7-19-13)12(14)18/h3-6,10H,7,14H2,1-2H3,(H,16,17). The highest BCUT2D eigenvalue weighted by molar-refractivity contribution is 8.00. The average Bonchev–Trinajstić information content (AvgIpc) is 2.69. The van der Waals surface area contributed by atoms with Crippen LogP contribution in [0, 0.1) is 6.92 Å². The highest BCUT2D eigenvalue weighted by atomic mass is 32.2. The Morgan fingerprint density at radius 1 is 1.42 bits per heavy atom. The van der Waals surface area contributed by atoms with Gasteiger partial charge in [0.15, 0.2) is 5.81 Å². The molecule has 1 aliphatic heterocycles. The zero-order valence-corrected chi connectivity index (χ0v) is 12.0. The summed E-state index contributed by atoms with van der Waals surface area (Å²) in [5.74, 6) is -0.740. The van der Waals surface area contributed by atoms with Crippen molar-refractivity contribution in [3.8, 4) is 0 Å². The Morgan fingerprint density at radius 2 is 2.00 bits per heavy atom. The highest BCUT2D eigenvalue weighted by Crippen LogP contribution is 2.47. The fourth-order valence-corrected chi connectivity index (χ4v) is 3.85. The summed E-state index contributed by atoms with van der Waals surface area (Å²) in [6.07, 6.45) is 0. The van der Waals surface area contributed by atoms with Crippen molar-refractivity contribution in [2.75, 3.05) is 5.88 Å². The monoisotopic (exact) mass is 277 g/mol. The number of hydrogen-bond donors (Lipinski definition) is 1. The van der Waals surface area contributed by atoms with E-state index in [0.29, 0.717) is 5.88 Å². The van der Waals surface area contributed by atoms with Crippen molar-refractivity contribution in [1.82, 2.24) is 4.90 Å². The highest BCUT2D eigenvalue weighted by Gasteiger charge is 2.51. The van der Waals surface area contributed by atoms with Gasteiger partial charge in [0, 0.05) is 0 Å². The third kappa shape index (κ3) is 2.37. The number of amides is 1. The summed E-state index contributed by atoms with van der Waals surface area (Å²) in [5.41, 5.74) is 2.07. The largest absolute Gasteiger partial charge is 0.480 e. The number of rotatable bonds is 2. The van der Waals surface area contributed by atoms with E-state index in [1.54, 1.807) is 0 Å². The number of carbonyl (C=O) groups is 2. The van der Waals surface area contributed by atoms with E-state index in [-0.39, 0.29) is 5.81 Å². The van der Waals surface area contributed by atoms with Crippen LogP contribution in [0.1, 0.15) is 18.1 Å². The molecule has 19 heavy (non-hydrogen) atoms. The first-order valence-corrected chi connectivity index (χ1v) is 7.06. The second-order valence-electron chi connectivity index (χ2n) is 4.98. The maximum Gasteiger partial charge on any atom is 0.328 e. The van der Waals surface area contributed by atoms with Gasteiger partial charge in [0.25, 0.3) is 0 Å². The molecule has 100 valence electrons. The molecule has 0 radical (unpaired) electrons. The van der Waals surface area contributed by atoms with Gasteiger partial charge in [-0.2, -0.15) is 0 Å². The molecule has 0 saturated carbocycles. The van der Waals surface area contributed by atoms with Crippen LogP contribution in [0.3, 0.4) is 0 Å². The average molecular weight is 277 g/mol. The summed E-state index contributed by atoms with van der Waals surface area (Å²) in [6.45, 7) is 3.88. The van der Waals surface area contributed by atoms with Crippen molar-refractivity contribution < 1.29 is 14.7 Å². The van der Waals surface area contributed by atoms with E-state index in [2.05, 4.69) is 0 Å². The Kier molecular flexibility index (Phi) is 3.63. The van der Waals surface area contributed by atoms with Gasteiger partial charge in [-0.25, -0.2) is 4.79 Å². The molecule has 6 heteroatoms. The van der Waals surface area contributed by atoms with E-state index in [1.165, 1.54) is 24.5 Å². The van der Waals surface area contributed by atoms with E-state index >= 15 is 0 Å². The lowest BCUT2D eigenvalue weighted by Gasteiger charge is -2.31. The van der Waals surface area contributed by atoms with Gasteiger partial charge in [-0.1, -0.05) is 29.8 Å². The van der Waals surface area contributed by atoms with E-state index in [0.717, 1.165) is 11.1 Å². The minimum absolute atomic E-state index is 0.198. The first-order chi connectivity index (χ1) is 8.86. The molecule has 1 aromatic rings. The fraction of sp³-hybridized carbons (Fsp3) is 0.385. The molecule has 1 saturated heterocycles. The lowest BCUT2D eigenvalue weighted by atomic mass is 9.89. The van der Waals surface area contributed by atoms with Gasteiger partial charge in [0.05, 0.1) is 10.6 Å². The van der Waals surface area contributed by atoms with Crippen molar-refractivity contribution in [3.63, 3.8) is 0 Å². The predicted molar refractivity (Wildman–Crippen MR) is 78.2 cm³/mol. The predicted octanol–water partition coefficient (Wildman–Crippen LogP) is 1.42. The summed E-state index contributed by atoms with van der Waals surface area (Å²) < 4.78 is -0.606. The lowest BCUT2D eigenvalue weighted by Crippen LogP contribution is -2.48. The van der Waals surface area contributed by atoms with E-state index < -0.39 is 16.8 Å². The van der Waals surface area contributed by atoms with Crippen LogP contribution < -0.4 is 0 Å². The number of aryl methyl sites for hydroxylation is 1. The number of hydrogen-bond acceptors (Lipinski definition) is 3. The van der Waals surface area contributed by atoms with E-state index in [9.17, 15) is 14.7 Å². The molecule has 1 N–H and O–H groups in total. The minimum Gasteiger partial charge on any atom is -0.480 e. The third-order valence-corrected chi connectivity index (χ3v) is 5.07. The van der Waals surface area contributed by atoms with Gasteiger partial charge >= 0.3 is 5.97 Å². The van der Waals surface area contributed by atoms with Crippen LogP contribution in [-0.2, 0) is 9.54 Å². The van der Waals surface area contributed by atoms with Crippen LogP contribution in [0.2, 0.25) is 0 Å². The molecule has 1 fully saturated rings. The maximum atomic E-state index is 11.6. The first kappa shape index (κ1) is 14.0. The molecule has 4 nitrogen and oxygen atoms in total. The van der Waals surface area contributed by atoms with Gasteiger partial charge in [-0.3, -0.25) is 4.79 Å². The molecule has 2 atom stereocenters. The van der Waals surface area contributed by atoms with Gasteiger partial charge in [0.1, 0.15) is 6.04 Å². The van der Waals surface area contributed by atoms with Gasteiger partial charge < -0.3 is 10.0 Å². The number of carboxylic acid groups (broad SMARTS) is 1. The zero-order valence-electron chi connectivity index (χ0n) is 11.2. The van der Waals surface area contributed by atoms with Crippen LogP contribution in [0.4, 0.5) is 4.79 Å². The van der Waals surface area contributed by atoms with Crippen molar-refractivity contribution >= 4 is 31.4 Å². The quantitative estimate of drug-likeness (QED) is 0.831. The first-order valence-electron chi connectivity index (χ1n) is 6.07. The van der Waals surface area contributed by atoms with Crippen LogP contribution >= 0.6 is 11.8 Å². The number of nitrogens with zero attached hydrogens (tertiary/aromatic N) is 1. The molecule has 1 aliphatic rings. The third-order valence-electron chi connectivity index (χ3n) is 3.60. The zero-order chi connectivity index (χ0) is 14.2. The Bertz CT molecular complexity index is 519. The Labute approximate surface area is 117 Å². The molecule has 1 heterocycles. The summed E-state index contributed by atoms with van der Waals surface area (Å²) in [4.78, 5) is 24.6. The Balaban J connectivity index is 2.44.